The van der Waals surface area contributed by atoms with Gasteiger partial charge < -0.3 is 15.4 Å². The number of benzene rings is 1. The Morgan fingerprint density at radius 3 is 2.77 bits per heavy atom. The van der Waals surface area contributed by atoms with E-state index in [9.17, 15) is 9.59 Å². The maximum absolute atomic E-state index is 12.1. The van der Waals surface area contributed by atoms with E-state index in [0.29, 0.717) is 5.92 Å². The lowest BCUT2D eigenvalue weighted by Crippen LogP contribution is -2.63. The van der Waals surface area contributed by atoms with Crippen LogP contribution in [0.2, 0.25) is 0 Å². The van der Waals surface area contributed by atoms with E-state index in [2.05, 4.69) is 10.6 Å². The molecule has 2 heterocycles. The van der Waals surface area contributed by atoms with Gasteiger partial charge in [0.15, 0.2) is 0 Å². The molecule has 5 nitrogen and oxygen atoms in total. The zero-order valence-corrected chi connectivity index (χ0v) is 12.6. The zero-order valence-electron chi connectivity index (χ0n) is 12.6. The molecule has 3 atom stereocenters. The van der Waals surface area contributed by atoms with Crippen molar-refractivity contribution in [2.24, 2.45) is 11.8 Å². The number of hydrogen-bond donors (Lipinski definition) is 2. The highest BCUT2D eigenvalue weighted by Crippen LogP contribution is 2.27. The third-order valence-electron chi connectivity index (χ3n) is 4.50. The lowest BCUT2D eigenvalue weighted by Gasteiger charge is -2.37. The van der Waals surface area contributed by atoms with Crippen LogP contribution in [0.4, 0.5) is 0 Å². The van der Waals surface area contributed by atoms with Crippen LogP contribution < -0.4 is 10.6 Å². The molecule has 3 rings (SSSR count). The highest BCUT2D eigenvalue weighted by Gasteiger charge is 2.45. The summed E-state index contributed by atoms with van der Waals surface area (Å²) in [5.41, 5.74) is 0.953. The third-order valence-corrected chi connectivity index (χ3v) is 4.50. The monoisotopic (exact) mass is 302 g/mol. The highest BCUT2D eigenvalue weighted by molar-refractivity contribution is 5.97. The number of piperidine rings is 1. The van der Waals surface area contributed by atoms with Gasteiger partial charge in [0.25, 0.3) is 0 Å². The topological polar surface area (TPSA) is 67.4 Å². The van der Waals surface area contributed by atoms with Crippen molar-refractivity contribution in [1.82, 2.24) is 10.6 Å². The summed E-state index contributed by atoms with van der Waals surface area (Å²) >= 11 is 0. The van der Waals surface area contributed by atoms with Crippen molar-refractivity contribution in [3.63, 3.8) is 0 Å². The number of rotatable bonds is 5. The predicted octanol–water partition coefficient (Wildman–Crippen LogP) is 1.23. The van der Waals surface area contributed by atoms with Crippen molar-refractivity contribution < 1.29 is 14.3 Å². The van der Waals surface area contributed by atoms with Crippen LogP contribution in [-0.2, 0) is 20.9 Å². The molecule has 1 amide bonds. The first kappa shape index (κ1) is 15.0. The average Bonchev–Trinajstić information content (AvgIpc) is 2.57. The number of ether oxygens (including phenoxy) is 1. The summed E-state index contributed by atoms with van der Waals surface area (Å²) < 4.78 is 5.33. The molecule has 0 saturated carbocycles. The Bertz CT molecular complexity index is 526. The van der Waals surface area contributed by atoms with Gasteiger partial charge in [-0.15, -0.1) is 0 Å². The minimum Gasteiger partial charge on any atom is -0.459 e. The van der Waals surface area contributed by atoms with Crippen LogP contribution in [0.5, 0.6) is 0 Å². The Hall–Kier alpha value is -1.88. The van der Waals surface area contributed by atoms with Crippen LogP contribution in [0, 0.1) is 11.8 Å². The second-order valence-corrected chi connectivity index (χ2v) is 6.13. The number of carbonyl (C=O) groups excluding carboxylic acids is 2. The minimum atomic E-state index is -0.474. The van der Waals surface area contributed by atoms with Crippen LogP contribution in [0.3, 0.4) is 0 Å². The number of esters is 1. The number of β-lactam (4-membered cyclic amide) rings is 1. The summed E-state index contributed by atoms with van der Waals surface area (Å²) in [6.07, 6.45) is 3.04. The molecule has 1 aromatic rings. The second kappa shape index (κ2) is 6.92. The fraction of sp³-hybridized carbons (Fsp3) is 0.529. The van der Waals surface area contributed by atoms with Crippen molar-refractivity contribution in [2.45, 2.75) is 31.9 Å². The summed E-state index contributed by atoms with van der Waals surface area (Å²) in [7, 11) is 0. The first-order valence-corrected chi connectivity index (χ1v) is 7.95. The first-order chi connectivity index (χ1) is 10.7. The summed E-state index contributed by atoms with van der Waals surface area (Å²) in [4.78, 5) is 23.9. The van der Waals surface area contributed by atoms with Crippen LogP contribution >= 0.6 is 0 Å². The molecular weight excluding hydrogens is 280 g/mol. The van der Waals surface area contributed by atoms with E-state index in [1.54, 1.807) is 0 Å². The van der Waals surface area contributed by atoms with Gasteiger partial charge in [-0.2, -0.15) is 0 Å². The number of nitrogens with one attached hydrogen (secondary N) is 2. The molecule has 2 N–H and O–H groups in total. The zero-order chi connectivity index (χ0) is 15.4. The van der Waals surface area contributed by atoms with Crippen LogP contribution in [0.1, 0.15) is 24.8 Å². The molecule has 0 radical (unpaired) electrons. The van der Waals surface area contributed by atoms with Crippen molar-refractivity contribution >= 4 is 11.9 Å². The summed E-state index contributed by atoms with van der Waals surface area (Å²) in [6.45, 7) is 2.25. The minimum absolute atomic E-state index is 0.0211. The molecule has 5 heteroatoms. The van der Waals surface area contributed by atoms with Crippen LogP contribution in [0.15, 0.2) is 30.3 Å². The fourth-order valence-corrected chi connectivity index (χ4v) is 3.19. The molecule has 1 aromatic carbocycles. The number of amides is 1. The predicted molar refractivity (Wildman–Crippen MR) is 81.9 cm³/mol. The van der Waals surface area contributed by atoms with Gasteiger partial charge in [0.05, 0.1) is 5.92 Å². The van der Waals surface area contributed by atoms with Crippen LogP contribution in [-0.4, -0.2) is 31.0 Å². The summed E-state index contributed by atoms with van der Waals surface area (Å²) in [6, 6.07) is 9.10. The van der Waals surface area contributed by atoms with E-state index in [4.69, 9.17) is 4.74 Å². The lowest BCUT2D eigenvalue weighted by molar-refractivity contribution is -0.159. The number of carbonyl (C=O) groups is 2. The summed E-state index contributed by atoms with van der Waals surface area (Å²) in [5.74, 6) is -0.0909. The molecule has 22 heavy (non-hydrogen) atoms. The van der Waals surface area contributed by atoms with Gasteiger partial charge in [0.2, 0.25) is 5.91 Å². The van der Waals surface area contributed by atoms with E-state index in [1.807, 2.05) is 30.3 Å². The standard InChI is InChI=1S/C17H22N2O3/c20-16-14(9-13-7-4-8-18-10-13)15(19-16)17(21)22-11-12-5-2-1-3-6-12/h1-3,5-6,13-15,18H,4,7-11H2,(H,19,20)/t13-,14+,15?/m0/s1. The Balaban J connectivity index is 1.50. The van der Waals surface area contributed by atoms with E-state index in [1.165, 1.54) is 0 Å². The first-order valence-electron chi connectivity index (χ1n) is 7.95. The van der Waals surface area contributed by atoms with E-state index >= 15 is 0 Å². The highest BCUT2D eigenvalue weighted by atomic mass is 16.5. The van der Waals surface area contributed by atoms with Crippen molar-refractivity contribution in [1.29, 1.82) is 0 Å². The van der Waals surface area contributed by atoms with Gasteiger partial charge >= 0.3 is 5.97 Å². The number of hydrogen-bond acceptors (Lipinski definition) is 4. The molecule has 0 aromatic heterocycles. The molecule has 118 valence electrons. The van der Waals surface area contributed by atoms with E-state index in [-0.39, 0.29) is 24.4 Å². The largest absolute Gasteiger partial charge is 0.459 e. The normalized spacial score (nSPS) is 27.6. The fourth-order valence-electron chi connectivity index (χ4n) is 3.19. The maximum atomic E-state index is 12.1. The average molecular weight is 302 g/mol. The van der Waals surface area contributed by atoms with Gasteiger partial charge in [-0.25, -0.2) is 4.79 Å². The molecule has 0 spiro atoms. The Kier molecular flexibility index (Phi) is 4.73. The molecular formula is C17H22N2O3. The van der Waals surface area contributed by atoms with E-state index in [0.717, 1.165) is 37.9 Å². The quantitative estimate of drug-likeness (QED) is 0.634. The SMILES string of the molecule is O=C(OCc1ccccc1)C1NC(=O)[C@@H]1C[C@@H]1CCCNC1. The molecule has 0 bridgehead atoms. The molecule has 1 unspecified atom stereocenters. The van der Waals surface area contributed by atoms with Gasteiger partial charge in [0, 0.05) is 0 Å². The van der Waals surface area contributed by atoms with Crippen molar-refractivity contribution in [3.8, 4) is 0 Å². The molecule has 2 aliphatic heterocycles. The van der Waals surface area contributed by atoms with Gasteiger partial charge in [-0.3, -0.25) is 4.79 Å². The molecule has 2 saturated heterocycles. The Labute approximate surface area is 130 Å². The van der Waals surface area contributed by atoms with Gasteiger partial charge in [-0.1, -0.05) is 30.3 Å². The van der Waals surface area contributed by atoms with Crippen molar-refractivity contribution in [3.05, 3.63) is 35.9 Å². The Morgan fingerprint density at radius 2 is 2.09 bits per heavy atom. The molecule has 2 fully saturated rings. The van der Waals surface area contributed by atoms with Crippen molar-refractivity contribution in [2.75, 3.05) is 13.1 Å². The smallest absolute Gasteiger partial charge is 0.329 e. The van der Waals surface area contributed by atoms with Crippen LogP contribution in [0.25, 0.3) is 0 Å². The van der Waals surface area contributed by atoms with Gasteiger partial charge in [-0.05, 0) is 43.8 Å². The Morgan fingerprint density at radius 1 is 1.27 bits per heavy atom. The summed E-state index contributed by atoms with van der Waals surface area (Å²) in [5, 5.41) is 6.03. The maximum Gasteiger partial charge on any atom is 0.329 e. The van der Waals surface area contributed by atoms with Gasteiger partial charge in [0.1, 0.15) is 12.6 Å². The second-order valence-electron chi connectivity index (χ2n) is 6.13. The molecule has 0 aliphatic carbocycles. The molecule has 2 aliphatic rings. The lowest BCUT2D eigenvalue weighted by atomic mass is 9.80. The van der Waals surface area contributed by atoms with E-state index < -0.39 is 6.04 Å². The third kappa shape index (κ3) is 3.47.